The van der Waals surface area contributed by atoms with E-state index in [4.69, 9.17) is 4.74 Å². The Morgan fingerprint density at radius 2 is 0.821 bits per heavy atom. The van der Waals surface area contributed by atoms with Gasteiger partial charge in [-0.15, -0.1) is 0 Å². The summed E-state index contributed by atoms with van der Waals surface area (Å²) in [5.74, 6) is 0.797. The Morgan fingerprint density at radius 1 is 0.397 bits per heavy atom. The summed E-state index contributed by atoms with van der Waals surface area (Å²) >= 11 is 0. The maximum atomic E-state index is 5.73. The second kappa shape index (κ2) is 23.8. The van der Waals surface area contributed by atoms with Crippen LogP contribution in [0.4, 0.5) is 22.7 Å². The van der Waals surface area contributed by atoms with E-state index in [1.165, 1.54) is 33.4 Å². The highest BCUT2D eigenvalue weighted by Gasteiger charge is 2.20. The van der Waals surface area contributed by atoms with Crippen LogP contribution in [-0.4, -0.2) is 12.1 Å². The smallest absolute Gasteiger partial charge is 0.119 e. The van der Waals surface area contributed by atoms with Gasteiger partial charge in [0, 0.05) is 47.9 Å². The van der Waals surface area contributed by atoms with Crippen molar-refractivity contribution in [2.24, 2.45) is 0 Å². The van der Waals surface area contributed by atoms with Gasteiger partial charge in [-0.1, -0.05) is 217 Å². The molecule has 0 N–H and O–H groups in total. The number of fused-ring (bicyclic) bond motifs is 1. The Morgan fingerprint density at radius 3 is 1.32 bits per heavy atom. The zero-order chi connectivity index (χ0) is 53.0. The first-order valence-electron chi connectivity index (χ1n) is 26.7. The largest absolute Gasteiger partial charge is 0.497 e. The van der Waals surface area contributed by atoms with Crippen LogP contribution in [0, 0.1) is 13.8 Å². The van der Waals surface area contributed by atoms with Crippen LogP contribution >= 0.6 is 0 Å². The Hall–Kier alpha value is -9.77. The van der Waals surface area contributed by atoms with E-state index >= 15 is 0 Å². The van der Waals surface area contributed by atoms with Crippen LogP contribution in [0.5, 0.6) is 5.75 Å². The zero-order valence-electron chi connectivity index (χ0n) is 44.4. The van der Waals surface area contributed by atoms with Gasteiger partial charge < -0.3 is 14.5 Å². The first-order valence-corrected chi connectivity index (χ1v) is 26.7. The summed E-state index contributed by atoms with van der Waals surface area (Å²) in [6, 6.07) is 93.8. The monoisotopic (exact) mass is 1010 g/mol. The molecular formula is C74H61N3O. The van der Waals surface area contributed by atoms with Gasteiger partial charge in [0.2, 0.25) is 0 Å². The molecule has 4 nitrogen and oxygen atoms in total. The van der Waals surface area contributed by atoms with Gasteiger partial charge in [0.05, 0.1) is 12.8 Å². The number of allylic oxidation sites excluding steroid dienone is 2. The van der Waals surface area contributed by atoms with Crippen molar-refractivity contribution >= 4 is 56.3 Å². The van der Waals surface area contributed by atoms with Gasteiger partial charge in [-0.2, -0.15) is 0 Å². The van der Waals surface area contributed by atoms with Gasteiger partial charge >= 0.3 is 0 Å². The zero-order valence-corrected chi connectivity index (χ0v) is 44.4. The topological polar surface area (TPSA) is 28.6 Å². The normalized spacial score (nSPS) is 11.2. The quantitative estimate of drug-likeness (QED) is 0.0671. The second-order valence-corrected chi connectivity index (χ2v) is 19.7. The number of hydrogen-bond donors (Lipinski definition) is 0. The van der Waals surface area contributed by atoms with E-state index in [0.29, 0.717) is 0 Å². The second-order valence-electron chi connectivity index (χ2n) is 19.7. The Balaban J connectivity index is 1.09. The molecule has 0 bridgehead atoms. The van der Waals surface area contributed by atoms with Crippen molar-refractivity contribution in [3.05, 3.63) is 347 Å². The van der Waals surface area contributed by atoms with Crippen molar-refractivity contribution in [1.82, 2.24) is 4.98 Å². The molecule has 4 heteroatoms. The van der Waals surface area contributed by atoms with E-state index in [2.05, 4.69) is 296 Å². The van der Waals surface area contributed by atoms with Crippen molar-refractivity contribution in [3.8, 4) is 5.75 Å². The molecule has 0 aliphatic rings. The Bertz CT molecular complexity index is 3710. The van der Waals surface area contributed by atoms with Gasteiger partial charge in [0.1, 0.15) is 5.75 Å². The maximum absolute atomic E-state index is 5.73. The molecule has 78 heavy (non-hydrogen) atoms. The van der Waals surface area contributed by atoms with Gasteiger partial charge in [-0.25, -0.2) is 0 Å². The van der Waals surface area contributed by atoms with Crippen molar-refractivity contribution < 1.29 is 4.74 Å². The molecule has 0 saturated carbocycles. The lowest BCUT2D eigenvalue weighted by Gasteiger charge is -2.29. The number of benzene rings is 10. The highest BCUT2D eigenvalue weighted by Crippen LogP contribution is 2.43. The third kappa shape index (κ3) is 11.7. The van der Waals surface area contributed by atoms with Crippen molar-refractivity contribution in [2.45, 2.75) is 26.9 Å². The minimum atomic E-state index is 0.750. The fourth-order valence-electron chi connectivity index (χ4n) is 10.3. The molecule has 0 saturated heterocycles. The van der Waals surface area contributed by atoms with Crippen molar-refractivity contribution in [1.29, 1.82) is 0 Å². The lowest BCUT2D eigenvalue weighted by molar-refractivity contribution is 0.415. The third-order valence-electron chi connectivity index (χ3n) is 14.4. The Kier molecular flexibility index (Phi) is 15.4. The van der Waals surface area contributed by atoms with E-state index in [1.54, 1.807) is 7.11 Å². The summed E-state index contributed by atoms with van der Waals surface area (Å²) in [4.78, 5) is 9.28. The fraction of sp³-hybridized carbons (Fsp3) is 0.0676. The first-order chi connectivity index (χ1) is 38.4. The number of aromatic nitrogens is 1. The SMILES string of the molecule is COc1ccc(N(c2ccc(/C(=C/C=C(c3ccccc3)c3ccccc3)c3ccncc3)cc2)c2ccc(C=C(c3ccc(C)cc3)c3ccc(C)cc3)c3cc(N(Cc4ccccc4)Cc4ccccc4)ccc23)cc1. The number of anilines is 4. The lowest BCUT2D eigenvalue weighted by atomic mass is 9.92. The molecule has 0 unspecified atom stereocenters. The minimum Gasteiger partial charge on any atom is -0.497 e. The number of methoxy groups -OCH3 is 1. The molecule has 0 spiro atoms. The molecule has 11 rings (SSSR count). The standard InChI is InChI=1S/C74H61N3O/c1-54-24-28-61(29-25-54)72(62-30-26-55(2)27-31-62)50-64-34-45-74(71-42-39-67(51-73(64)71)76(52-56-16-8-4-9-17-56)53-57-18-10-5-11-19-57)77(66-37-40-68(78-3)41-38-66)65-35-32-60(33-36-65)70(63-46-48-75-49-47-63)44-43-69(58-20-12-6-13-21-58)59-22-14-7-15-23-59/h4-51H,52-53H2,1-3H3/b70-44-. The number of rotatable bonds is 17. The van der Waals surface area contributed by atoms with E-state index in [0.717, 1.165) is 96.9 Å². The van der Waals surface area contributed by atoms with Crippen LogP contribution in [0.25, 0.3) is 33.6 Å². The number of aryl methyl sites for hydroxylation is 2. The van der Waals surface area contributed by atoms with E-state index < -0.39 is 0 Å². The summed E-state index contributed by atoms with van der Waals surface area (Å²) in [5.41, 5.74) is 20.5. The lowest BCUT2D eigenvalue weighted by Crippen LogP contribution is -2.22. The molecule has 0 atom stereocenters. The summed E-state index contributed by atoms with van der Waals surface area (Å²) in [5, 5.41) is 2.26. The van der Waals surface area contributed by atoms with E-state index in [1.807, 2.05) is 24.5 Å². The number of nitrogens with zero attached hydrogens (tertiary/aromatic N) is 3. The third-order valence-corrected chi connectivity index (χ3v) is 14.4. The van der Waals surface area contributed by atoms with Gasteiger partial charge in [0.15, 0.2) is 0 Å². The maximum Gasteiger partial charge on any atom is 0.119 e. The summed E-state index contributed by atoms with van der Waals surface area (Å²) < 4.78 is 5.73. The van der Waals surface area contributed by atoms with Crippen LogP contribution < -0.4 is 14.5 Å². The molecule has 1 aromatic heterocycles. The van der Waals surface area contributed by atoms with Crippen LogP contribution in [-0.2, 0) is 13.1 Å². The number of hydrogen-bond acceptors (Lipinski definition) is 4. The van der Waals surface area contributed by atoms with Gasteiger partial charge in [-0.3, -0.25) is 4.98 Å². The summed E-state index contributed by atoms with van der Waals surface area (Å²) in [6.45, 7) is 5.79. The molecule has 11 aromatic rings. The molecule has 378 valence electrons. The number of pyridine rings is 1. The van der Waals surface area contributed by atoms with E-state index in [9.17, 15) is 0 Å². The molecule has 10 aromatic carbocycles. The van der Waals surface area contributed by atoms with Crippen LogP contribution in [0.2, 0.25) is 0 Å². The van der Waals surface area contributed by atoms with Crippen LogP contribution in [0.1, 0.15) is 61.2 Å². The molecule has 0 fully saturated rings. The summed E-state index contributed by atoms with van der Waals surface area (Å²) in [7, 11) is 1.72. The molecule has 0 amide bonds. The average molecular weight is 1010 g/mol. The van der Waals surface area contributed by atoms with Gasteiger partial charge in [-0.05, 0) is 159 Å². The highest BCUT2D eigenvalue weighted by molar-refractivity contribution is 6.07. The predicted molar refractivity (Wildman–Crippen MR) is 329 cm³/mol. The fourth-order valence-corrected chi connectivity index (χ4v) is 10.3. The number of ether oxygens (including phenoxy) is 1. The van der Waals surface area contributed by atoms with Crippen LogP contribution in [0.3, 0.4) is 0 Å². The molecule has 1 heterocycles. The molecule has 0 radical (unpaired) electrons. The Labute approximate surface area is 459 Å². The molecule has 0 aliphatic heterocycles. The minimum absolute atomic E-state index is 0.750. The average Bonchev–Trinajstić information content (AvgIpc) is 3.61. The van der Waals surface area contributed by atoms with E-state index in [-0.39, 0.29) is 0 Å². The van der Waals surface area contributed by atoms with Crippen molar-refractivity contribution in [2.75, 3.05) is 16.9 Å². The summed E-state index contributed by atoms with van der Waals surface area (Å²) in [6.07, 6.45) is 10.6. The van der Waals surface area contributed by atoms with Gasteiger partial charge in [0.25, 0.3) is 0 Å². The first kappa shape index (κ1) is 50.4. The molecular weight excluding hydrogens is 947 g/mol. The predicted octanol–water partition coefficient (Wildman–Crippen LogP) is 18.7. The van der Waals surface area contributed by atoms with Crippen LogP contribution in [0.15, 0.2) is 285 Å². The highest BCUT2D eigenvalue weighted by atomic mass is 16.5. The van der Waals surface area contributed by atoms with Crippen molar-refractivity contribution in [3.63, 3.8) is 0 Å². The molecule has 0 aliphatic carbocycles.